The third kappa shape index (κ3) is 2.12. The summed E-state index contributed by atoms with van der Waals surface area (Å²) in [7, 11) is 0. The van der Waals surface area contributed by atoms with E-state index in [4.69, 9.17) is 5.73 Å². The van der Waals surface area contributed by atoms with Gasteiger partial charge < -0.3 is 10.6 Å². The van der Waals surface area contributed by atoms with E-state index in [-0.39, 0.29) is 0 Å². The van der Waals surface area contributed by atoms with Crippen LogP contribution in [0, 0.1) is 17.3 Å². The molecular weight excluding hydrogens is 172 g/mol. The lowest BCUT2D eigenvalue weighted by molar-refractivity contribution is 0.154. The lowest BCUT2D eigenvalue weighted by atomic mass is 9.94. The van der Waals surface area contributed by atoms with E-state index < -0.39 is 0 Å². The summed E-state index contributed by atoms with van der Waals surface area (Å²) < 4.78 is 0. The van der Waals surface area contributed by atoms with Crippen molar-refractivity contribution in [2.24, 2.45) is 23.0 Å². The molecule has 2 heteroatoms. The number of nitrogens with zero attached hydrogens (tertiary/aromatic N) is 1. The second kappa shape index (κ2) is 3.49. The average molecular weight is 196 g/mol. The van der Waals surface area contributed by atoms with Crippen LogP contribution in [-0.4, -0.2) is 30.6 Å². The SMILES string of the molecule is CC1CN(CC2CC2(C)C)CCC1N. The largest absolute Gasteiger partial charge is 0.327 e. The number of hydrogen-bond acceptors (Lipinski definition) is 2. The zero-order valence-corrected chi connectivity index (χ0v) is 9.79. The van der Waals surface area contributed by atoms with Crippen LogP contribution in [0.5, 0.6) is 0 Å². The summed E-state index contributed by atoms with van der Waals surface area (Å²) in [4.78, 5) is 2.62. The fraction of sp³-hybridized carbons (Fsp3) is 1.00. The number of rotatable bonds is 2. The summed E-state index contributed by atoms with van der Waals surface area (Å²) in [6.07, 6.45) is 2.61. The predicted molar refractivity (Wildman–Crippen MR) is 60.1 cm³/mol. The van der Waals surface area contributed by atoms with Crippen molar-refractivity contribution in [3.05, 3.63) is 0 Å². The van der Waals surface area contributed by atoms with Gasteiger partial charge in [-0.05, 0) is 36.6 Å². The summed E-state index contributed by atoms with van der Waals surface area (Å²) in [5.41, 5.74) is 6.64. The second-order valence-electron chi connectivity index (χ2n) is 6.08. The first-order chi connectivity index (χ1) is 6.49. The first-order valence-electron chi connectivity index (χ1n) is 5.97. The maximum absolute atomic E-state index is 6.01. The Labute approximate surface area is 87.8 Å². The molecule has 0 aromatic rings. The van der Waals surface area contributed by atoms with Crippen LogP contribution < -0.4 is 5.73 Å². The van der Waals surface area contributed by atoms with Gasteiger partial charge in [-0.1, -0.05) is 20.8 Å². The van der Waals surface area contributed by atoms with Gasteiger partial charge in [0.15, 0.2) is 0 Å². The van der Waals surface area contributed by atoms with E-state index in [1.165, 1.54) is 32.5 Å². The standard InChI is InChI=1S/C12H24N2/c1-9-7-14(5-4-11(9)13)8-10-6-12(10,2)3/h9-11H,4-8,13H2,1-3H3. The number of piperidine rings is 1. The van der Waals surface area contributed by atoms with E-state index in [1.54, 1.807) is 0 Å². The summed E-state index contributed by atoms with van der Waals surface area (Å²) in [5.74, 6) is 1.63. The molecule has 1 aliphatic heterocycles. The van der Waals surface area contributed by atoms with Crippen LogP contribution in [0.4, 0.5) is 0 Å². The van der Waals surface area contributed by atoms with E-state index in [1.807, 2.05) is 0 Å². The van der Waals surface area contributed by atoms with Crippen molar-refractivity contribution in [1.29, 1.82) is 0 Å². The first-order valence-corrected chi connectivity index (χ1v) is 5.97. The molecule has 2 fully saturated rings. The molecule has 14 heavy (non-hydrogen) atoms. The fourth-order valence-corrected chi connectivity index (χ4v) is 2.62. The minimum Gasteiger partial charge on any atom is -0.327 e. The minimum atomic E-state index is 0.443. The highest BCUT2D eigenvalue weighted by atomic mass is 15.1. The van der Waals surface area contributed by atoms with Gasteiger partial charge in [0.05, 0.1) is 0 Å². The molecule has 2 rings (SSSR count). The van der Waals surface area contributed by atoms with Crippen molar-refractivity contribution in [3.8, 4) is 0 Å². The smallest absolute Gasteiger partial charge is 0.00889 e. The van der Waals surface area contributed by atoms with Crippen LogP contribution >= 0.6 is 0 Å². The van der Waals surface area contributed by atoms with E-state index in [0.717, 1.165) is 5.92 Å². The Hall–Kier alpha value is -0.0800. The Morgan fingerprint density at radius 3 is 2.57 bits per heavy atom. The molecule has 0 radical (unpaired) electrons. The number of nitrogens with two attached hydrogens (primary N) is 1. The molecule has 2 N–H and O–H groups in total. The summed E-state index contributed by atoms with van der Waals surface area (Å²) in [6, 6.07) is 0.443. The minimum absolute atomic E-state index is 0.443. The van der Waals surface area contributed by atoms with Crippen LogP contribution in [0.25, 0.3) is 0 Å². The normalized spacial score (nSPS) is 42.4. The highest BCUT2D eigenvalue weighted by molar-refractivity contribution is 4.97. The summed E-state index contributed by atoms with van der Waals surface area (Å²) >= 11 is 0. The van der Waals surface area contributed by atoms with Gasteiger partial charge in [0.2, 0.25) is 0 Å². The highest BCUT2D eigenvalue weighted by Crippen LogP contribution is 2.51. The van der Waals surface area contributed by atoms with Gasteiger partial charge in [0, 0.05) is 19.1 Å². The second-order valence-corrected chi connectivity index (χ2v) is 6.08. The van der Waals surface area contributed by atoms with Crippen LogP contribution in [0.2, 0.25) is 0 Å². The zero-order valence-electron chi connectivity index (χ0n) is 9.79. The van der Waals surface area contributed by atoms with E-state index >= 15 is 0 Å². The Kier molecular flexibility index (Phi) is 2.61. The van der Waals surface area contributed by atoms with Crippen LogP contribution in [0.3, 0.4) is 0 Å². The van der Waals surface area contributed by atoms with E-state index in [9.17, 15) is 0 Å². The molecule has 0 spiro atoms. The molecule has 3 unspecified atom stereocenters. The van der Waals surface area contributed by atoms with Crippen LogP contribution in [0.15, 0.2) is 0 Å². The monoisotopic (exact) mass is 196 g/mol. The zero-order chi connectivity index (χ0) is 10.3. The molecule has 0 aromatic carbocycles. The van der Waals surface area contributed by atoms with Gasteiger partial charge in [0.25, 0.3) is 0 Å². The van der Waals surface area contributed by atoms with Crippen LogP contribution in [0.1, 0.15) is 33.6 Å². The van der Waals surface area contributed by atoms with Gasteiger partial charge in [0.1, 0.15) is 0 Å². The Morgan fingerprint density at radius 1 is 1.43 bits per heavy atom. The molecule has 3 atom stereocenters. The first kappa shape index (κ1) is 10.4. The Bertz CT molecular complexity index is 212. The Balaban J connectivity index is 1.78. The van der Waals surface area contributed by atoms with Crippen molar-refractivity contribution < 1.29 is 0 Å². The molecular formula is C12H24N2. The summed E-state index contributed by atoms with van der Waals surface area (Å²) in [6.45, 7) is 10.8. The quantitative estimate of drug-likeness (QED) is 0.728. The lowest BCUT2D eigenvalue weighted by Crippen LogP contribution is -2.46. The molecule has 82 valence electrons. The maximum Gasteiger partial charge on any atom is 0.00889 e. The van der Waals surface area contributed by atoms with Crippen molar-refractivity contribution in [3.63, 3.8) is 0 Å². The van der Waals surface area contributed by atoms with Crippen molar-refractivity contribution in [2.45, 2.75) is 39.7 Å². The van der Waals surface area contributed by atoms with Gasteiger partial charge in [-0.25, -0.2) is 0 Å². The van der Waals surface area contributed by atoms with Gasteiger partial charge >= 0.3 is 0 Å². The molecule has 0 bridgehead atoms. The number of hydrogen-bond donors (Lipinski definition) is 1. The molecule has 2 nitrogen and oxygen atoms in total. The third-order valence-corrected chi connectivity index (χ3v) is 4.25. The van der Waals surface area contributed by atoms with E-state index in [0.29, 0.717) is 17.4 Å². The van der Waals surface area contributed by atoms with Crippen molar-refractivity contribution >= 4 is 0 Å². The fourth-order valence-electron chi connectivity index (χ4n) is 2.62. The topological polar surface area (TPSA) is 29.3 Å². The average Bonchev–Trinajstić information content (AvgIpc) is 2.67. The molecule has 0 aromatic heterocycles. The third-order valence-electron chi connectivity index (χ3n) is 4.25. The highest BCUT2D eigenvalue weighted by Gasteiger charge is 2.46. The molecule has 1 aliphatic carbocycles. The van der Waals surface area contributed by atoms with Gasteiger partial charge in [-0.3, -0.25) is 0 Å². The van der Waals surface area contributed by atoms with Gasteiger partial charge in [-0.15, -0.1) is 0 Å². The van der Waals surface area contributed by atoms with Gasteiger partial charge in [-0.2, -0.15) is 0 Å². The van der Waals surface area contributed by atoms with E-state index in [2.05, 4.69) is 25.7 Å². The van der Waals surface area contributed by atoms with Crippen LogP contribution in [-0.2, 0) is 0 Å². The predicted octanol–water partition coefficient (Wildman–Crippen LogP) is 1.70. The van der Waals surface area contributed by atoms with Crippen molar-refractivity contribution in [2.75, 3.05) is 19.6 Å². The Morgan fingerprint density at radius 2 is 2.07 bits per heavy atom. The molecule has 0 amide bonds. The molecule has 2 aliphatic rings. The molecule has 1 heterocycles. The maximum atomic E-state index is 6.01. The molecule has 1 saturated heterocycles. The summed E-state index contributed by atoms with van der Waals surface area (Å²) in [5, 5.41) is 0. The van der Waals surface area contributed by atoms with Crippen molar-refractivity contribution in [1.82, 2.24) is 4.90 Å². The molecule has 1 saturated carbocycles. The lowest BCUT2D eigenvalue weighted by Gasteiger charge is -2.35. The number of likely N-dealkylation sites (tertiary alicyclic amines) is 1.